The number of anilines is 1. The van der Waals surface area contributed by atoms with Crippen molar-refractivity contribution in [2.24, 2.45) is 7.05 Å². The molecule has 1 atom stereocenters. The van der Waals surface area contributed by atoms with Gasteiger partial charge in [-0.15, -0.1) is 0 Å². The van der Waals surface area contributed by atoms with Crippen molar-refractivity contribution in [2.75, 3.05) is 18.9 Å². The normalized spacial score (nSPS) is 16.9. The van der Waals surface area contributed by atoms with E-state index in [1.165, 1.54) is 0 Å². The molecule has 0 bridgehead atoms. The van der Waals surface area contributed by atoms with Gasteiger partial charge >= 0.3 is 6.09 Å². The molecule has 0 radical (unpaired) electrons. The average molecular weight is 412 g/mol. The highest BCUT2D eigenvalue weighted by molar-refractivity contribution is 5.69. The summed E-state index contributed by atoms with van der Waals surface area (Å²) in [4.78, 5) is 18.5. The van der Waals surface area contributed by atoms with E-state index >= 15 is 0 Å². The third-order valence-electron chi connectivity index (χ3n) is 5.08. The topological polar surface area (TPSA) is 99.9 Å². The van der Waals surface area contributed by atoms with Crippen molar-refractivity contribution in [2.45, 2.75) is 45.3 Å². The van der Waals surface area contributed by atoms with Crippen LogP contribution in [-0.2, 0) is 11.8 Å². The Kier molecular flexibility index (Phi) is 5.05. The van der Waals surface area contributed by atoms with Crippen molar-refractivity contribution in [3.8, 4) is 17.0 Å². The number of nitrogen functional groups attached to an aromatic ring is 1. The maximum Gasteiger partial charge on any atom is 0.410 e. The van der Waals surface area contributed by atoms with E-state index in [4.69, 9.17) is 15.2 Å². The fourth-order valence-electron chi connectivity index (χ4n) is 3.76. The Balaban J connectivity index is 1.51. The highest BCUT2D eigenvalue weighted by atomic mass is 16.6. The van der Waals surface area contributed by atoms with Crippen LogP contribution in [0.25, 0.3) is 16.9 Å². The number of pyridine rings is 1. The third-order valence-corrected chi connectivity index (χ3v) is 5.08. The number of amides is 1. The molecule has 2 N–H and O–H groups in total. The number of imidazole rings is 1. The first-order valence-electron chi connectivity index (χ1n) is 10.1. The molecule has 1 fully saturated rings. The summed E-state index contributed by atoms with van der Waals surface area (Å²) in [6, 6.07) is 3.85. The standard InChI is InChI=1S/C21H28N6O3/c1-21(2,3)30-20(28)27-9-5-6-15(27)13-29-16-10-23-25(4)19(16)14-7-8-18-24-17(22)12-26(18)11-14/h7-8,10-12,15H,5-6,9,13,22H2,1-4H3/t15-/m1/s1. The van der Waals surface area contributed by atoms with Crippen molar-refractivity contribution in [1.82, 2.24) is 24.1 Å². The van der Waals surface area contributed by atoms with E-state index in [0.29, 0.717) is 24.7 Å². The zero-order valence-corrected chi connectivity index (χ0v) is 17.8. The van der Waals surface area contributed by atoms with E-state index in [0.717, 1.165) is 29.7 Å². The lowest BCUT2D eigenvalue weighted by molar-refractivity contribution is 0.0187. The molecule has 0 unspecified atom stereocenters. The second kappa shape index (κ2) is 7.55. The molecule has 160 valence electrons. The number of hydrogen-bond acceptors (Lipinski definition) is 6. The maximum absolute atomic E-state index is 12.5. The van der Waals surface area contributed by atoms with Crippen molar-refractivity contribution >= 4 is 17.6 Å². The Hall–Kier alpha value is -3.23. The zero-order valence-electron chi connectivity index (χ0n) is 17.8. The van der Waals surface area contributed by atoms with Gasteiger partial charge in [-0.3, -0.25) is 4.68 Å². The van der Waals surface area contributed by atoms with Crippen LogP contribution in [-0.4, -0.2) is 55.0 Å². The molecule has 1 amide bonds. The number of carbonyl (C=O) groups excluding carboxylic acids is 1. The molecule has 9 nitrogen and oxygen atoms in total. The van der Waals surface area contributed by atoms with Crippen LogP contribution < -0.4 is 10.5 Å². The van der Waals surface area contributed by atoms with E-state index in [1.807, 2.05) is 50.5 Å². The minimum absolute atomic E-state index is 0.0242. The lowest BCUT2D eigenvalue weighted by Gasteiger charge is -2.28. The van der Waals surface area contributed by atoms with Gasteiger partial charge in [0, 0.05) is 25.4 Å². The maximum atomic E-state index is 12.5. The van der Waals surface area contributed by atoms with Crippen molar-refractivity contribution in [3.05, 3.63) is 30.7 Å². The first-order valence-corrected chi connectivity index (χ1v) is 10.1. The SMILES string of the molecule is Cn1ncc(OC[C@H]2CCCN2C(=O)OC(C)(C)C)c1-c1ccc2nc(N)cn2c1. The molecule has 4 heterocycles. The number of fused-ring (bicyclic) bond motifs is 1. The van der Waals surface area contributed by atoms with Gasteiger partial charge in [0.1, 0.15) is 29.4 Å². The molecule has 9 heteroatoms. The lowest BCUT2D eigenvalue weighted by Crippen LogP contribution is -2.42. The Morgan fingerprint density at radius 2 is 2.10 bits per heavy atom. The molecular weight excluding hydrogens is 384 g/mol. The van der Waals surface area contributed by atoms with Gasteiger partial charge in [-0.2, -0.15) is 5.10 Å². The van der Waals surface area contributed by atoms with Gasteiger partial charge in [-0.25, -0.2) is 9.78 Å². The Morgan fingerprint density at radius 1 is 1.30 bits per heavy atom. The quantitative estimate of drug-likeness (QED) is 0.707. The van der Waals surface area contributed by atoms with E-state index in [1.54, 1.807) is 22.0 Å². The molecule has 1 aliphatic rings. The summed E-state index contributed by atoms with van der Waals surface area (Å²) in [6.07, 6.45) is 6.95. The molecule has 1 aliphatic heterocycles. The number of likely N-dealkylation sites (tertiary alicyclic amines) is 1. The van der Waals surface area contributed by atoms with Gasteiger partial charge < -0.3 is 24.5 Å². The number of aromatic nitrogens is 4. The fraction of sp³-hybridized carbons (Fsp3) is 0.476. The Bertz CT molecular complexity index is 1060. The van der Waals surface area contributed by atoms with Crippen molar-refractivity contribution in [3.63, 3.8) is 0 Å². The number of ether oxygens (including phenoxy) is 2. The summed E-state index contributed by atoms with van der Waals surface area (Å²) in [5.74, 6) is 1.14. The van der Waals surface area contributed by atoms with Gasteiger partial charge in [0.2, 0.25) is 0 Å². The first-order chi connectivity index (χ1) is 14.2. The monoisotopic (exact) mass is 412 g/mol. The summed E-state index contributed by atoms with van der Waals surface area (Å²) in [5.41, 5.74) is 7.84. The van der Waals surface area contributed by atoms with Gasteiger partial charge in [0.05, 0.1) is 18.4 Å². The zero-order chi connectivity index (χ0) is 21.5. The van der Waals surface area contributed by atoms with Crippen molar-refractivity contribution in [1.29, 1.82) is 0 Å². The predicted octanol–water partition coefficient (Wildman–Crippen LogP) is 3.10. The molecule has 0 spiro atoms. The van der Waals surface area contributed by atoms with E-state index < -0.39 is 5.60 Å². The molecule has 4 rings (SSSR count). The van der Waals surface area contributed by atoms with Crippen LogP contribution in [0.4, 0.5) is 10.6 Å². The summed E-state index contributed by atoms with van der Waals surface area (Å²) in [6.45, 7) is 6.69. The molecule has 0 aromatic carbocycles. The predicted molar refractivity (Wildman–Crippen MR) is 113 cm³/mol. The van der Waals surface area contributed by atoms with Gasteiger partial charge in [0.15, 0.2) is 5.75 Å². The highest BCUT2D eigenvalue weighted by Crippen LogP contribution is 2.31. The van der Waals surface area contributed by atoms with E-state index in [-0.39, 0.29) is 12.1 Å². The minimum atomic E-state index is -0.517. The van der Waals surface area contributed by atoms with E-state index in [2.05, 4.69) is 10.1 Å². The minimum Gasteiger partial charge on any atom is -0.487 e. The van der Waals surface area contributed by atoms with Crippen LogP contribution in [0.2, 0.25) is 0 Å². The summed E-state index contributed by atoms with van der Waals surface area (Å²) in [7, 11) is 1.87. The number of nitrogens with two attached hydrogens (primary N) is 1. The summed E-state index contributed by atoms with van der Waals surface area (Å²) >= 11 is 0. The molecule has 0 aliphatic carbocycles. The molecular formula is C21H28N6O3. The fourth-order valence-corrected chi connectivity index (χ4v) is 3.76. The molecule has 3 aromatic heterocycles. The number of hydrogen-bond donors (Lipinski definition) is 1. The van der Waals surface area contributed by atoms with E-state index in [9.17, 15) is 4.79 Å². The number of nitrogens with zero attached hydrogens (tertiary/aromatic N) is 5. The van der Waals surface area contributed by atoms with Crippen LogP contribution in [0.5, 0.6) is 5.75 Å². The first kappa shape index (κ1) is 20.1. The molecule has 1 saturated heterocycles. The van der Waals surface area contributed by atoms with Crippen LogP contribution in [0.3, 0.4) is 0 Å². The Labute approximate surface area is 175 Å². The molecule has 30 heavy (non-hydrogen) atoms. The number of carbonyl (C=O) groups is 1. The highest BCUT2D eigenvalue weighted by Gasteiger charge is 2.33. The second-order valence-corrected chi connectivity index (χ2v) is 8.61. The number of rotatable bonds is 4. The number of aryl methyl sites for hydroxylation is 1. The van der Waals surface area contributed by atoms with Crippen LogP contribution in [0.1, 0.15) is 33.6 Å². The van der Waals surface area contributed by atoms with Crippen LogP contribution in [0.15, 0.2) is 30.7 Å². The molecule has 3 aromatic rings. The van der Waals surface area contributed by atoms with Crippen LogP contribution >= 0.6 is 0 Å². The summed E-state index contributed by atoms with van der Waals surface area (Å²) < 4.78 is 15.3. The van der Waals surface area contributed by atoms with Crippen molar-refractivity contribution < 1.29 is 14.3 Å². The average Bonchev–Trinajstić information content (AvgIpc) is 3.35. The van der Waals surface area contributed by atoms with Gasteiger partial charge in [-0.05, 0) is 45.7 Å². The van der Waals surface area contributed by atoms with Gasteiger partial charge in [0.25, 0.3) is 0 Å². The van der Waals surface area contributed by atoms with Crippen LogP contribution in [0, 0.1) is 0 Å². The smallest absolute Gasteiger partial charge is 0.410 e. The lowest BCUT2D eigenvalue weighted by atomic mass is 10.2. The largest absolute Gasteiger partial charge is 0.487 e. The second-order valence-electron chi connectivity index (χ2n) is 8.61. The molecule has 0 saturated carbocycles. The third kappa shape index (κ3) is 4.05. The Morgan fingerprint density at radius 3 is 2.87 bits per heavy atom. The summed E-state index contributed by atoms with van der Waals surface area (Å²) in [5, 5.41) is 4.36. The van der Waals surface area contributed by atoms with Gasteiger partial charge in [-0.1, -0.05) is 0 Å².